The molecule has 0 fully saturated rings. The Hall–Kier alpha value is -3.15. The summed E-state index contributed by atoms with van der Waals surface area (Å²) in [6, 6.07) is 26.3. The highest BCUT2D eigenvalue weighted by Gasteiger charge is 2.15. The minimum absolute atomic E-state index is 0.653. The van der Waals surface area contributed by atoms with Gasteiger partial charge >= 0.3 is 0 Å². The summed E-state index contributed by atoms with van der Waals surface area (Å²) in [5.74, 6) is 0. The second-order valence-electron chi connectivity index (χ2n) is 6.77. The molecule has 0 amide bonds. The van der Waals surface area contributed by atoms with Gasteiger partial charge < -0.3 is 0 Å². The normalized spacial score (nSPS) is 12.9. The maximum Gasteiger partial charge on any atom is 0.107 e. The summed E-state index contributed by atoms with van der Waals surface area (Å²) in [6.07, 6.45) is 4.10. The number of para-hydroxylation sites is 1. The van der Waals surface area contributed by atoms with Crippen LogP contribution in [-0.2, 0) is 0 Å². The predicted octanol–water partition coefficient (Wildman–Crippen LogP) is 7.15. The minimum Gasteiger partial charge on any atom is -0.239 e. The van der Waals surface area contributed by atoms with Crippen molar-refractivity contribution in [1.29, 1.82) is 0 Å². The molecule has 0 radical (unpaired) electrons. The van der Waals surface area contributed by atoms with Gasteiger partial charge in [-0.1, -0.05) is 65.8 Å². The van der Waals surface area contributed by atoms with Crippen LogP contribution in [-0.4, -0.2) is 16.3 Å². The van der Waals surface area contributed by atoms with Gasteiger partial charge in [-0.15, -0.1) is 0 Å². The van der Waals surface area contributed by atoms with E-state index in [1.54, 1.807) is 11.8 Å². The third kappa shape index (κ3) is 3.95. The second kappa shape index (κ2) is 8.30. The monoisotopic (exact) mass is 428 g/mol. The zero-order valence-electron chi connectivity index (χ0n) is 15.9. The van der Waals surface area contributed by atoms with Crippen LogP contribution in [0.1, 0.15) is 5.56 Å². The molecule has 0 unspecified atom stereocenters. The molecule has 0 saturated carbocycles. The highest BCUT2D eigenvalue weighted by Crippen LogP contribution is 2.37. The first kappa shape index (κ1) is 18.9. The van der Waals surface area contributed by atoms with E-state index < -0.39 is 0 Å². The van der Waals surface area contributed by atoms with E-state index in [2.05, 4.69) is 40.7 Å². The molecule has 4 aromatic rings. The summed E-state index contributed by atoms with van der Waals surface area (Å²) < 4.78 is 1.93. The molecular weight excluding hydrogens is 412 g/mol. The van der Waals surface area contributed by atoms with Crippen molar-refractivity contribution in [3.8, 4) is 16.9 Å². The molecule has 0 saturated heterocycles. The fourth-order valence-electron chi connectivity index (χ4n) is 3.23. The summed E-state index contributed by atoms with van der Waals surface area (Å²) >= 11 is 7.73. The number of azo groups is 1. The highest BCUT2D eigenvalue weighted by molar-refractivity contribution is 7.99. The van der Waals surface area contributed by atoms with Crippen LogP contribution in [0.2, 0.25) is 5.02 Å². The van der Waals surface area contributed by atoms with Crippen molar-refractivity contribution in [3.63, 3.8) is 0 Å². The van der Waals surface area contributed by atoms with Crippen LogP contribution < -0.4 is 0 Å². The highest BCUT2D eigenvalue weighted by atomic mass is 35.5. The number of nitrogens with zero attached hydrogens (tertiary/aromatic N) is 4. The molecule has 0 N–H and O–H groups in total. The van der Waals surface area contributed by atoms with Gasteiger partial charge in [-0.3, -0.25) is 0 Å². The Morgan fingerprint density at radius 2 is 1.57 bits per heavy atom. The van der Waals surface area contributed by atoms with Gasteiger partial charge in [0, 0.05) is 27.2 Å². The summed E-state index contributed by atoms with van der Waals surface area (Å²) in [5.41, 5.74) is 5.00. The molecule has 30 heavy (non-hydrogen) atoms. The largest absolute Gasteiger partial charge is 0.239 e. The first-order valence-corrected chi connectivity index (χ1v) is 10.7. The van der Waals surface area contributed by atoms with Gasteiger partial charge in [0.2, 0.25) is 0 Å². The molecule has 6 heteroatoms. The van der Waals surface area contributed by atoms with Crippen LogP contribution in [0.25, 0.3) is 22.6 Å². The smallest absolute Gasteiger partial charge is 0.107 e. The molecule has 2 heterocycles. The zero-order chi connectivity index (χ0) is 20.3. The summed E-state index contributed by atoms with van der Waals surface area (Å²) in [6.45, 7) is 0.653. The molecule has 0 atom stereocenters. The Balaban J connectivity index is 1.54. The van der Waals surface area contributed by atoms with Crippen molar-refractivity contribution in [2.24, 2.45) is 10.2 Å². The van der Waals surface area contributed by atoms with Gasteiger partial charge in [-0.25, -0.2) is 4.68 Å². The maximum atomic E-state index is 6.05. The molecule has 1 aliphatic rings. The van der Waals surface area contributed by atoms with Crippen molar-refractivity contribution in [3.05, 3.63) is 102 Å². The van der Waals surface area contributed by atoms with Gasteiger partial charge in [-0.05, 0) is 42.5 Å². The Labute approximate surface area is 183 Å². The summed E-state index contributed by atoms with van der Waals surface area (Å²) in [4.78, 5) is 2.19. The zero-order valence-corrected chi connectivity index (χ0v) is 17.5. The van der Waals surface area contributed by atoms with Gasteiger partial charge in [0.25, 0.3) is 0 Å². The standard InChI is InChI=1S/C24H17ClN4S/c25-19-10-12-21(13-11-19)30-23-16-29(20-4-2-1-3-5-20)28-24(23)18-8-6-17(7-9-18)22-14-15-26-27-22/h1-14,16H,15H2. The molecule has 0 bridgehead atoms. The van der Waals surface area contributed by atoms with Crippen LogP contribution >= 0.6 is 23.4 Å². The molecule has 1 aromatic heterocycles. The van der Waals surface area contributed by atoms with E-state index in [-0.39, 0.29) is 0 Å². The lowest BCUT2D eigenvalue weighted by atomic mass is 10.1. The fraction of sp³-hybridized carbons (Fsp3) is 0.0417. The summed E-state index contributed by atoms with van der Waals surface area (Å²) in [5, 5.41) is 13.8. The van der Waals surface area contributed by atoms with E-state index >= 15 is 0 Å². The molecule has 5 rings (SSSR count). The average Bonchev–Trinajstić information content (AvgIpc) is 3.47. The first-order valence-electron chi connectivity index (χ1n) is 9.53. The van der Waals surface area contributed by atoms with Crippen molar-refractivity contribution in [2.75, 3.05) is 6.54 Å². The Morgan fingerprint density at radius 1 is 0.833 bits per heavy atom. The molecule has 4 nitrogen and oxygen atoms in total. The third-order valence-corrected chi connectivity index (χ3v) is 6.02. The van der Waals surface area contributed by atoms with Crippen molar-refractivity contribution < 1.29 is 0 Å². The quantitative estimate of drug-likeness (QED) is 0.338. The van der Waals surface area contributed by atoms with Crippen LogP contribution in [0.15, 0.2) is 111 Å². The molecular formula is C24H17ClN4S. The van der Waals surface area contributed by atoms with Gasteiger partial charge in [0.15, 0.2) is 0 Å². The van der Waals surface area contributed by atoms with E-state index in [0.29, 0.717) is 6.54 Å². The Morgan fingerprint density at radius 3 is 2.27 bits per heavy atom. The maximum absolute atomic E-state index is 6.05. The number of aromatic nitrogens is 2. The SMILES string of the molecule is Clc1ccc(Sc2cn(-c3ccccc3)nc2-c2ccc(C3=CCN=N3)cc2)cc1. The van der Waals surface area contributed by atoms with Gasteiger partial charge in [0.05, 0.1) is 22.8 Å². The second-order valence-corrected chi connectivity index (χ2v) is 8.32. The molecule has 146 valence electrons. The summed E-state index contributed by atoms with van der Waals surface area (Å²) in [7, 11) is 0. The van der Waals surface area contributed by atoms with Crippen LogP contribution in [0.4, 0.5) is 0 Å². The van der Waals surface area contributed by atoms with E-state index in [0.717, 1.165) is 43.0 Å². The van der Waals surface area contributed by atoms with Crippen LogP contribution in [0.5, 0.6) is 0 Å². The van der Waals surface area contributed by atoms with Gasteiger partial charge in [0.1, 0.15) is 5.69 Å². The topological polar surface area (TPSA) is 42.5 Å². The lowest BCUT2D eigenvalue weighted by molar-refractivity contribution is 0.883. The number of rotatable bonds is 5. The molecule has 1 aliphatic heterocycles. The average molecular weight is 429 g/mol. The van der Waals surface area contributed by atoms with Crippen molar-refractivity contribution in [1.82, 2.24) is 9.78 Å². The molecule has 3 aromatic carbocycles. The van der Waals surface area contributed by atoms with E-state index in [1.165, 1.54) is 0 Å². The van der Waals surface area contributed by atoms with Gasteiger partial charge in [-0.2, -0.15) is 15.3 Å². The molecule has 0 aliphatic carbocycles. The lowest BCUT2D eigenvalue weighted by Crippen LogP contribution is -1.94. The fourth-order valence-corrected chi connectivity index (χ4v) is 4.29. The lowest BCUT2D eigenvalue weighted by Gasteiger charge is -2.04. The minimum atomic E-state index is 0.653. The Bertz CT molecular complexity index is 1230. The Kier molecular flexibility index (Phi) is 5.22. The molecule has 0 spiro atoms. The van der Waals surface area contributed by atoms with E-state index in [1.807, 2.05) is 65.4 Å². The van der Waals surface area contributed by atoms with Crippen LogP contribution in [0.3, 0.4) is 0 Å². The van der Waals surface area contributed by atoms with E-state index in [9.17, 15) is 0 Å². The predicted molar refractivity (Wildman–Crippen MR) is 122 cm³/mol. The number of halogens is 1. The van der Waals surface area contributed by atoms with E-state index in [4.69, 9.17) is 16.7 Å². The third-order valence-electron chi connectivity index (χ3n) is 4.74. The first-order chi connectivity index (χ1) is 14.8. The van der Waals surface area contributed by atoms with Crippen molar-refractivity contribution in [2.45, 2.75) is 9.79 Å². The number of hydrogen-bond donors (Lipinski definition) is 0. The van der Waals surface area contributed by atoms with Crippen LogP contribution in [0, 0.1) is 0 Å². The number of benzene rings is 3. The van der Waals surface area contributed by atoms with Crippen molar-refractivity contribution >= 4 is 29.1 Å². The number of hydrogen-bond acceptors (Lipinski definition) is 4.